The average Bonchev–Trinajstić information content (AvgIpc) is 2.70. The Morgan fingerprint density at radius 2 is 2.18 bits per heavy atom. The minimum absolute atomic E-state index is 0.483. The van der Waals surface area contributed by atoms with Gasteiger partial charge in [-0.2, -0.15) is 0 Å². The quantitative estimate of drug-likeness (QED) is 0.652. The van der Waals surface area contributed by atoms with Gasteiger partial charge in [-0.15, -0.1) is 0 Å². The van der Waals surface area contributed by atoms with E-state index in [0.717, 1.165) is 25.0 Å². The molecule has 2 fully saturated rings. The van der Waals surface area contributed by atoms with Crippen LogP contribution in [0.15, 0.2) is 0 Å². The van der Waals surface area contributed by atoms with Crippen molar-refractivity contribution in [3.05, 3.63) is 0 Å². The molecule has 0 aromatic heterocycles. The molecular weight excluding hydrogens is 138 g/mol. The second kappa shape index (κ2) is 2.76. The third-order valence-corrected chi connectivity index (χ3v) is 3.09. The summed E-state index contributed by atoms with van der Waals surface area (Å²) in [6.07, 6.45) is 7.01. The van der Waals surface area contributed by atoms with Crippen LogP contribution in [0.5, 0.6) is 0 Å². The lowest BCUT2D eigenvalue weighted by Crippen LogP contribution is -2.28. The lowest BCUT2D eigenvalue weighted by atomic mass is 9.91. The standard InChI is InChI=1S/C9H17NO/c10-5-1-8-7-9(2-3-9)4-6-11-8/h8H,1-7,10H2. The Morgan fingerprint density at radius 1 is 1.36 bits per heavy atom. The van der Waals surface area contributed by atoms with Crippen LogP contribution in [0.4, 0.5) is 0 Å². The molecule has 2 aliphatic rings. The number of rotatable bonds is 2. The van der Waals surface area contributed by atoms with Crippen LogP contribution >= 0.6 is 0 Å². The first-order valence-corrected chi connectivity index (χ1v) is 4.66. The largest absolute Gasteiger partial charge is 0.378 e. The van der Waals surface area contributed by atoms with E-state index in [1.807, 2.05) is 0 Å². The van der Waals surface area contributed by atoms with Crippen LogP contribution in [0.25, 0.3) is 0 Å². The van der Waals surface area contributed by atoms with E-state index in [9.17, 15) is 0 Å². The lowest BCUT2D eigenvalue weighted by molar-refractivity contribution is -0.0188. The summed E-state index contributed by atoms with van der Waals surface area (Å²) in [7, 11) is 0. The van der Waals surface area contributed by atoms with Crippen LogP contribution in [0.2, 0.25) is 0 Å². The lowest BCUT2D eigenvalue weighted by Gasteiger charge is -2.29. The molecule has 0 bridgehead atoms. The summed E-state index contributed by atoms with van der Waals surface area (Å²) in [6, 6.07) is 0. The molecule has 1 saturated carbocycles. The molecule has 2 rings (SSSR count). The second-order valence-electron chi connectivity index (χ2n) is 4.02. The highest BCUT2D eigenvalue weighted by atomic mass is 16.5. The Hall–Kier alpha value is -0.0800. The smallest absolute Gasteiger partial charge is 0.0592 e. The molecule has 0 amide bonds. The molecule has 1 unspecified atom stereocenters. The molecule has 0 radical (unpaired) electrons. The van der Waals surface area contributed by atoms with Gasteiger partial charge in [-0.25, -0.2) is 0 Å². The summed E-state index contributed by atoms with van der Waals surface area (Å²) < 4.78 is 5.61. The zero-order chi connectivity index (χ0) is 7.73. The van der Waals surface area contributed by atoms with E-state index in [-0.39, 0.29) is 0 Å². The summed E-state index contributed by atoms with van der Waals surface area (Å²) in [5.41, 5.74) is 6.21. The van der Waals surface area contributed by atoms with Crippen LogP contribution in [0.3, 0.4) is 0 Å². The maximum Gasteiger partial charge on any atom is 0.0592 e. The zero-order valence-corrected chi connectivity index (χ0v) is 7.01. The predicted octanol–water partition coefficient (Wildman–Crippen LogP) is 1.29. The van der Waals surface area contributed by atoms with Crippen LogP contribution in [-0.2, 0) is 4.74 Å². The van der Waals surface area contributed by atoms with Gasteiger partial charge in [0.05, 0.1) is 6.10 Å². The van der Waals surface area contributed by atoms with Crippen molar-refractivity contribution in [1.29, 1.82) is 0 Å². The van der Waals surface area contributed by atoms with Gasteiger partial charge in [-0.3, -0.25) is 0 Å². The molecule has 1 saturated heterocycles. The Kier molecular flexibility index (Phi) is 1.90. The van der Waals surface area contributed by atoms with Crippen molar-refractivity contribution in [2.45, 2.75) is 38.2 Å². The normalized spacial score (nSPS) is 34.1. The molecule has 2 nitrogen and oxygen atoms in total. The molecule has 2 heteroatoms. The molecule has 1 aliphatic carbocycles. The molecule has 64 valence electrons. The maximum atomic E-state index is 5.61. The number of hydrogen-bond donors (Lipinski definition) is 1. The average molecular weight is 155 g/mol. The van der Waals surface area contributed by atoms with Crippen molar-refractivity contribution in [3.63, 3.8) is 0 Å². The third-order valence-electron chi connectivity index (χ3n) is 3.09. The molecule has 2 N–H and O–H groups in total. The van der Waals surface area contributed by atoms with E-state index in [1.54, 1.807) is 0 Å². The van der Waals surface area contributed by atoms with E-state index < -0.39 is 0 Å². The highest BCUT2D eigenvalue weighted by Crippen LogP contribution is 2.54. The first kappa shape index (κ1) is 7.56. The van der Waals surface area contributed by atoms with Gasteiger partial charge in [0.25, 0.3) is 0 Å². The van der Waals surface area contributed by atoms with Gasteiger partial charge in [0.2, 0.25) is 0 Å². The van der Waals surface area contributed by atoms with Crippen LogP contribution in [0, 0.1) is 5.41 Å². The van der Waals surface area contributed by atoms with E-state index in [2.05, 4.69) is 0 Å². The van der Waals surface area contributed by atoms with Crippen molar-refractivity contribution in [1.82, 2.24) is 0 Å². The van der Waals surface area contributed by atoms with Gasteiger partial charge in [0, 0.05) is 6.61 Å². The van der Waals surface area contributed by atoms with E-state index in [0.29, 0.717) is 6.10 Å². The summed E-state index contributed by atoms with van der Waals surface area (Å²) >= 11 is 0. The monoisotopic (exact) mass is 155 g/mol. The number of ether oxygens (including phenoxy) is 1. The van der Waals surface area contributed by atoms with Gasteiger partial charge in [-0.1, -0.05) is 0 Å². The highest BCUT2D eigenvalue weighted by Gasteiger charge is 2.45. The minimum atomic E-state index is 0.483. The summed E-state index contributed by atoms with van der Waals surface area (Å²) in [6.45, 7) is 1.76. The van der Waals surface area contributed by atoms with Crippen LogP contribution < -0.4 is 5.73 Å². The summed E-state index contributed by atoms with van der Waals surface area (Å²) in [5.74, 6) is 0. The fourth-order valence-electron chi connectivity index (χ4n) is 2.09. The number of hydrogen-bond acceptors (Lipinski definition) is 2. The van der Waals surface area contributed by atoms with Crippen molar-refractivity contribution < 1.29 is 4.74 Å². The van der Waals surface area contributed by atoms with E-state index in [4.69, 9.17) is 10.5 Å². The molecule has 1 atom stereocenters. The summed E-state index contributed by atoms with van der Waals surface area (Å²) in [5, 5.41) is 0. The van der Waals surface area contributed by atoms with Gasteiger partial charge < -0.3 is 10.5 Å². The van der Waals surface area contributed by atoms with Crippen LogP contribution in [-0.4, -0.2) is 19.3 Å². The zero-order valence-electron chi connectivity index (χ0n) is 7.01. The second-order valence-corrected chi connectivity index (χ2v) is 4.02. The highest BCUT2D eigenvalue weighted by molar-refractivity contribution is 4.96. The van der Waals surface area contributed by atoms with Gasteiger partial charge in [-0.05, 0) is 44.1 Å². The fraction of sp³-hybridized carbons (Fsp3) is 1.00. The maximum absolute atomic E-state index is 5.61. The van der Waals surface area contributed by atoms with Gasteiger partial charge in [0.1, 0.15) is 0 Å². The van der Waals surface area contributed by atoms with Crippen molar-refractivity contribution in [3.8, 4) is 0 Å². The van der Waals surface area contributed by atoms with Crippen molar-refractivity contribution >= 4 is 0 Å². The van der Waals surface area contributed by atoms with Gasteiger partial charge >= 0.3 is 0 Å². The molecule has 0 aromatic rings. The fourth-order valence-corrected chi connectivity index (χ4v) is 2.09. The van der Waals surface area contributed by atoms with E-state index >= 15 is 0 Å². The number of nitrogens with two attached hydrogens (primary N) is 1. The molecular formula is C9H17NO. The topological polar surface area (TPSA) is 35.2 Å². The molecule has 0 aromatic carbocycles. The van der Waals surface area contributed by atoms with Crippen molar-refractivity contribution in [2.75, 3.05) is 13.2 Å². The van der Waals surface area contributed by atoms with Crippen LogP contribution in [0.1, 0.15) is 32.1 Å². The van der Waals surface area contributed by atoms with E-state index in [1.165, 1.54) is 25.7 Å². The Labute approximate surface area is 68.1 Å². The first-order valence-electron chi connectivity index (χ1n) is 4.66. The molecule has 11 heavy (non-hydrogen) atoms. The summed E-state index contributed by atoms with van der Waals surface area (Å²) in [4.78, 5) is 0. The van der Waals surface area contributed by atoms with Crippen molar-refractivity contribution in [2.24, 2.45) is 11.1 Å². The molecule has 1 aliphatic heterocycles. The molecule has 1 spiro atoms. The molecule has 1 heterocycles. The Balaban J connectivity index is 1.83. The van der Waals surface area contributed by atoms with Gasteiger partial charge in [0.15, 0.2) is 0 Å². The third kappa shape index (κ3) is 1.57. The SMILES string of the molecule is NCCC1CC2(CCO1)CC2. The first-order chi connectivity index (χ1) is 5.35. The Bertz CT molecular complexity index is 140. The minimum Gasteiger partial charge on any atom is -0.378 e. The Morgan fingerprint density at radius 3 is 2.82 bits per heavy atom. The predicted molar refractivity (Wildman–Crippen MR) is 44.3 cm³/mol.